The zero-order valence-corrected chi connectivity index (χ0v) is 19.8. The Morgan fingerprint density at radius 1 is 0.914 bits per heavy atom. The fraction of sp³-hybridized carbons (Fsp3) is 0.222. The summed E-state index contributed by atoms with van der Waals surface area (Å²) in [6.45, 7) is 5.35. The maximum absolute atomic E-state index is 12.3. The van der Waals surface area contributed by atoms with E-state index in [0.29, 0.717) is 37.1 Å². The number of para-hydroxylation sites is 1. The van der Waals surface area contributed by atoms with Crippen molar-refractivity contribution >= 4 is 11.6 Å². The SMILES string of the molecule is CCOCCOc1nc(-c2ccc(C)cc2)n(-c2ccc(NC(=O)COc3ccccc3)cc2)n1. The van der Waals surface area contributed by atoms with Crippen LogP contribution < -0.4 is 14.8 Å². The van der Waals surface area contributed by atoms with Crippen molar-refractivity contribution in [3.05, 3.63) is 84.4 Å². The summed E-state index contributed by atoms with van der Waals surface area (Å²) >= 11 is 0. The Kier molecular flexibility index (Phi) is 8.08. The first-order valence-electron chi connectivity index (χ1n) is 11.4. The molecule has 0 fully saturated rings. The number of hydrogen-bond donors (Lipinski definition) is 1. The van der Waals surface area contributed by atoms with Gasteiger partial charge in [0, 0.05) is 17.9 Å². The number of amides is 1. The first-order valence-corrected chi connectivity index (χ1v) is 11.4. The van der Waals surface area contributed by atoms with Crippen molar-refractivity contribution in [1.82, 2.24) is 14.8 Å². The van der Waals surface area contributed by atoms with Gasteiger partial charge in [-0.3, -0.25) is 4.79 Å². The molecule has 0 spiro atoms. The Bertz CT molecular complexity index is 1220. The highest BCUT2D eigenvalue weighted by molar-refractivity contribution is 5.92. The van der Waals surface area contributed by atoms with E-state index < -0.39 is 0 Å². The van der Waals surface area contributed by atoms with Crippen molar-refractivity contribution in [3.63, 3.8) is 0 Å². The van der Waals surface area contributed by atoms with Gasteiger partial charge >= 0.3 is 6.01 Å². The highest BCUT2D eigenvalue weighted by Crippen LogP contribution is 2.25. The van der Waals surface area contributed by atoms with Crippen LogP contribution in [0.4, 0.5) is 5.69 Å². The monoisotopic (exact) mass is 472 g/mol. The molecule has 0 atom stereocenters. The smallest absolute Gasteiger partial charge is 0.336 e. The minimum atomic E-state index is -0.243. The number of anilines is 1. The van der Waals surface area contributed by atoms with Crippen molar-refractivity contribution < 1.29 is 19.0 Å². The van der Waals surface area contributed by atoms with Crippen molar-refractivity contribution in [2.24, 2.45) is 0 Å². The Labute approximate surface area is 204 Å². The molecule has 0 bridgehead atoms. The van der Waals surface area contributed by atoms with E-state index >= 15 is 0 Å². The Morgan fingerprint density at radius 2 is 1.66 bits per heavy atom. The molecule has 0 radical (unpaired) electrons. The lowest BCUT2D eigenvalue weighted by Crippen LogP contribution is -2.20. The number of aryl methyl sites for hydroxylation is 1. The summed E-state index contributed by atoms with van der Waals surface area (Å²) in [6, 6.07) is 24.9. The summed E-state index contributed by atoms with van der Waals surface area (Å²) in [6.07, 6.45) is 0. The number of aromatic nitrogens is 3. The molecule has 8 nitrogen and oxygen atoms in total. The summed E-state index contributed by atoms with van der Waals surface area (Å²) in [5.41, 5.74) is 3.51. The lowest BCUT2D eigenvalue weighted by atomic mass is 10.1. The van der Waals surface area contributed by atoms with Gasteiger partial charge in [0.1, 0.15) is 12.4 Å². The summed E-state index contributed by atoms with van der Waals surface area (Å²) in [4.78, 5) is 16.9. The third-order valence-electron chi connectivity index (χ3n) is 5.07. The van der Waals surface area contributed by atoms with Crippen LogP contribution in [0.3, 0.4) is 0 Å². The molecule has 4 rings (SSSR count). The van der Waals surface area contributed by atoms with Crippen molar-refractivity contribution in [2.75, 3.05) is 31.7 Å². The van der Waals surface area contributed by atoms with E-state index in [4.69, 9.17) is 14.2 Å². The molecule has 1 amide bonds. The van der Waals surface area contributed by atoms with E-state index in [1.807, 2.05) is 80.6 Å². The second-order valence-electron chi connectivity index (χ2n) is 7.74. The highest BCUT2D eigenvalue weighted by Gasteiger charge is 2.15. The van der Waals surface area contributed by atoms with E-state index in [1.165, 1.54) is 0 Å². The Morgan fingerprint density at radius 3 is 2.37 bits per heavy atom. The topological polar surface area (TPSA) is 87.5 Å². The predicted octanol–water partition coefficient (Wildman–Crippen LogP) is 4.68. The van der Waals surface area contributed by atoms with Gasteiger partial charge in [-0.15, -0.1) is 5.10 Å². The van der Waals surface area contributed by atoms with Crippen LogP contribution in [0.2, 0.25) is 0 Å². The summed E-state index contributed by atoms with van der Waals surface area (Å²) in [5, 5.41) is 7.39. The summed E-state index contributed by atoms with van der Waals surface area (Å²) < 4.78 is 18.3. The average molecular weight is 473 g/mol. The van der Waals surface area contributed by atoms with Gasteiger partial charge in [0.25, 0.3) is 5.91 Å². The molecule has 180 valence electrons. The molecule has 1 heterocycles. The molecule has 4 aromatic rings. The van der Waals surface area contributed by atoms with Crippen molar-refractivity contribution in [2.45, 2.75) is 13.8 Å². The number of ether oxygens (including phenoxy) is 3. The van der Waals surface area contributed by atoms with E-state index in [0.717, 1.165) is 16.8 Å². The minimum Gasteiger partial charge on any atom is -0.484 e. The van der Waals surface area contributed by atoms with E-state index in [2.05, 4.69) is 15.4 Å². The number of hydrogen-bond acceptors (Lipinski definition) is 6. The standard InChI is InChI=1S/C27H28N4O4/c1-3-33-17-18-34-27-29-26(21-11-9-20(2)10-12-21)31(30-27)23-15-13-22(14-16-23)28-25(32)19-35-24-7-5-4-6-8-24/h4-16H,3,17-19H2,1-2H3,(H,28,32). The molecule has 0 unspecified atom stereocenters. The first kappa shape index (κ1) is 24.0. The summed E-state index contributed by atoms with van der Waals surface area (Å²) in [5.74, 6) is 1.06. The molecular formula is C27H28N4O4. The molecule has 1 aromatic heterocycles. The zero-order chi connectivity index (χ0) is 24.5. The lowest BCUT2D eigenvalue weighted by molar-refractivity contribution is -0.118. The van der Waals surface area contributed by atoms with Crippen LogP contribution in [0.15, 0.2) is 78.9 Å². The number of nitrogens with one attached hydrogen (secondary N) is 1. The van der Waals surface area contributed by atoms with E-state index in [-0.39, 0.29) is 18.5 Å². The van der Waals surface area contributed by atoms with E-state index in [1.54, 1.807) is 16.8 Å². The van der Waals surface area contributed by atoms with Gasteiger partial charge in [-0.2, -0.15) is 4.98 Å². The first-order chi connectivity index (χ1) is 17.1. The Balaban J connectivity index is 1.48. The largest absolute Gasteiger partial charge is 0.484 e. The molecule has 8 heteroatoms. The molecule has 0 aliphatic heterocycles. The third-order valence-corrected chi connectivity index (χ3v) is 5.07. The van der Waals surface area contributed by atoms with E-state index in [9.17, 15) is 4.79 Å². The number of rotatable bonds is 11. The van der Waals surface area contributed by atoms with Crippen molar-refractivity contribution in [3.8, 4) is 28.8 Å². The van der Waals surface area contributed by atoms with Gasteiger partial charge in [-0.05, 0) is 50.2 Å². The molecule has 0 aliphatic carbocycles. The molecule has 35 heavy (non-hydrogen) atoms. The maximum atomic E-state index is 12.3. The van der Waals surface area contributed by atoms with Gasteiger partial charge in [-0.1, -0.05) is 48.0 Å². The fourth-order valence-electron chi connectivity index (χ4n) is 3.31. The zero-order valence-electron chi connectivity index (χ0n) is 19.8. The molecular weight excluding hydrogens is 444 g/mol. The van der Waals surface area contributed by atoms with Gasteiger partial charge in [-0.25, -0.2) is 4.68 Å². The van der Waals surface area contributed by atoms with Crippen LogP contribution in [-0.2, 0) is 9.53 Å². The lowest BCUT2D eigenvalue weighted by Gasteiger charge is -2.09. The fourth-order valence-corrected chi connectivity index (χ4v) is 3.31. The van der Waals surface area contributed by atoms with Crippen LogP contribution >= 0.6 is 0 Å². The highest BCUT2D eigenvalue weighted by atomic mass is 16.5. The number of nitrogens with zero attached hydrogens (tertiary/aromatic N) is 3. The van der Waals surface area contributed by atoms with Crippen LogP contribution in [-0.4, -0.2) is 47.1 Å². The second-order valence-corrected chi connectivity index (χ2v) is 7.74. The van der Waals surface area contributed by atoms with Gasteiger partial charge in [0.05, 0.1) is 12.3 Å². The molecule has 0 saturated heterocycles. The van der Waals surface area contributed by atoms with Crippen LogP contribution in [0.25, 0.3) is 17.1 Å². The number of benzene rings is 3. The molecule has 3 aromatic carbocycles. The molecule has 1 N–H and O–H groups in total. The number of carbonyl (C=O) groups is 1. The van der Waals surface area contributed by atoms with Gasteiger partial charge in [0.15, 0.2) is 12.4 Å². The van der Waals surface area contributed by atoms with Gasteiger partial charge in [0.2, 0.25) is 0 Å². The van der Waals surface area contributed by atoms with Gasteiger partial charge < -0.3 is 19.5 Å². The summed E-state index contributed by atoms with van der Waals surface area (Å²) in [7, 11) is 0. The average Bonchev–Trinajstić information content (AvgIpc) is 3.31. The van der Waals surface area contributed by atoms with Crippen molar-refractivity contribution in [1.29, 1.82) is 0 Å². The molecule has 0 aliphatic rings. The number of carbonyl (C=O) groups excluding carboxylic acids is 1. The predicted molar refractivity (Wildman–Crippen MR) is 134 cm³/mol. The quantitative estimate of drug-likeness (QED) is 0.319. The maximum Gasteiger partial charge on any atom is 0.336 e. The normalized spacial score (nSPS) is 10.7. The van der Waals surface area contributed by atoms with Crippen LogP contribution in [0, 0.1) is 6.92 Å². The minimum absolute atomic E-state index is 0.0745. The Hall–Kier alpha value is -4.17. The van der Waals surface area contributed by atoms with Crippen LogP contribution in [0.1, 0.15) is 12.5 Å². The third kappa shape index (κ3) is 6.68. The second kappa shape index (κ2) is 11.8. The molecule has 0 saturated carbocycles. The van der Waals surface area contributed by atoms with Crippen LogP contribution in [0.5, 0.6) is 11.8 Å².